The van der Waals surface area contributed by atoms with E-state index >= 15 is 0 Å². The average Bonchev–Trinajstić information content (AvgIpc) is 3.16. The quantitative estimate of drug-likeness (QED) is 0.773. The van der Waals surface area contributed by atoms with Crippen LogP contribution in [0, 0.1) is 5.92 Å². The highest BCUT2D eigenvalue weighted by molar-refractivity contribution is 9.10. The summed E-state index contributed by atoms with van der Waals surface area (Å²) >= 11 is 3.45. The largest absolute Gasteiger partial charge is 0.466 e. The summed E-state index contributed by atoms with van der Waals surface area (Å²) < 4.78 is 11.0. The van der Waals surface area contributed by atoms with Crippen LogP contribution in [0.1, 0.15) is 25.8 Å². The maximum absolute atomic E-state index is 12.3. The molecule has 4 nitrogen and oxygen atoms in total. The maximum atomic E-state index is 12.3. The number of carbonyl (C=O) groups excluding carboxylic acids is 2. The van der Waals surface area contributed by atoms with Crippen LogP contribution < -0.4 is 0 Å². The Hall–Kier alpha value is -1.36. The van der Waals surface area contributed by atoms with Gasteiger partial charge in [0.2, 0.25) is 0 Å². The second-order valence-corrected chi connectivity index (χ2v) is 5.53. The van der Waals surface area contributed by atoms with Crippen LogP contribution in [-0.2, 0) is 24.5 Å². The number of rotatable bonds is 5. The smallest absolute Gasteiger partial charge is 0.317 e. The lowest BCUT2D eigenvalue weighted by atomic mass is 9.93. The molecule has 1 fully saturated rings. The van der Waals surface area contributed by atoms with Gasteiger partial charge < -0.3 is 9.47 Å². The van der Waals surface area contributed by atoms with Gasteiger partial charge in [-0.3, -0.25) is 9.59 Å². The highest BCUT2D eigenvalue weighted by atomic mass is 79.9. The van der Waals surface area contributed by atoms with E-state index in [-0.39, 0.29) is 11.9 Å². The van der Waals surface area contributed by atoms with Crippen molar-refractivity contribution in [3.63, 3.8) is 0 Å². The molecule has 1 aliphatic rings. The number of hydrogen-bond acceptors (Lipinski definition) is 4. The Kier molecular flexibility index (Phi) is 4.48. The molecule has 0 radical (unpaired) electrons. The molecule has 0 bridgehead atoms. The normalized spacial score (nSPS) is 24.1. The molecular formula is C15H17BrO4. The molecule has 5 heteroatoms. The fraction of sp³-hybridized carbons (Fsp3) is 0.467. The summed E-state index contributed by atoms with van der Waals surface area (Å²) in [6.07, 6.45) is 0.438. The zero-order valence-corrected chi connectivity index (χ0v) is 13.1. The van der Waals surface area contributed by atoms with Gasteiger partial charge in [0.05, 0.1) is 19.1 Å². The molecule has 0 N–H and O–H groups in total. The van der Waals surface area contributed by atoms with E-state index in [4.69, 9.17) is 9.47 Å². The standard InChI is InChI=1S/C15H17BrO4/c1-3-19-13(17)11-9-15(11,14(18)20-4-2)10-7-5-6-8-12(10)16/h5-8,11H,3-4,9H2,1-2H3/t11-,15-/m1/s1. The van der Waals surface area contributed by atoms with E-state index in [1.54, 1.807) is 13.8 Å². The van der Waals surface area contributed by atoms with Crippen molar-refractivity contribution in [2.75, 3.05) is 13.2 Å². The second-order valence-electron chi connectivity index (χ2n) is 4.68. The number of esters is 2. The minimum absolute atomic E-state index is 0.292. The first-order valence-electron chi connectivity index (χ1n) is 6.66. The summed E-state index contributed by atoms with van der Waals surface area (Å²) in [4.78, 5) is 24.3. The van der Waals surface area contributed by atoms with E-state index in [1.807, 2.05) is 24.3 Å². The molecule has 0 aromatic heterocycles. The number of hydrogen-bond donors (Lipinski definition) is 0. The first kappa shape index (κ1) is 15.0. The lowest BCUT2D eigenvalue weighted by molar-refractivity contribution is -0.152. The van der Waals surface area contributed by atoms with Crippen LogP contribution in [-0.4, -0.2) is 25.2 Å². The Labute approximate surface area is 126 Å². The maximum Gasteiger partial charge on any atom is 0.317 e. The van der Waals surface area contributed by atoms with Gasteiger partial charge in [0.25, 0.3) is 0 Å². The molecule has 0 amide bonds. The third-order valence-electron chi connectivity index (χ3n) is 3.53. The first-order valence-corrected chi connectivity index (χ1v) is 7.46. The number of ether oxygens (including phenoxy) is 2. The fourth-order valence-corrected chi connectivity index (χ4v) is 3.15. The highest BCUT2D eigenvalue weighted by Gasteiger charge is 2.67. The summed E-state index contributed by atoms with van der Waals surface area (Å²) in [5.74, 6) is -1.15. The monoisotopic (exact) mass is 340 g/mol. The lowest BCUT2D eigenvalue weighted by Gasteiger charge is -2.17. The molecule has 0 unspecified atom stereocenters. The summed E-state index contributed by atoms with van der Waals surface area (Å²) in [7, 11) is 0. The minimum atomic E-state index is -0.900. The second kappa shape index (κ2) is 5.95. The molecular weight excluding hydrogens is 324 g/mol. The highest BCUT2D eigenvalue weighted by Crippen LogP contribution is 2.57. The molecule has 2 atom stereocenters. The van der Waals surface area contributed by atoms with Crippen LogP contribution in [0.3, 0.4) is 0 Å². The van der Waals surface area contributed by atoms with E-state index < -0.39 is 11.3 Å². The molecule has 2 rings (SSSR count). The minimum Gasteiger partial charge on any atom is -0.466 e. The van der Waals surface area contributed by atoms with Gasteiger partial charge >= 0.3 is 11.9 Å². The zero-order chi connectivity index (χ0) is 14.8. The molecule has 108 valence electrons. The average molecular weight is 341 g/mol. The Bertz CT molecular complexity index is 528. The summed E-state index contributed by atoms with van der Waals surface area (Å²) in [5, 5.41) is 0. The topological polar surface area (TPSA) is 52.6 Å². The number of carbonyl (C=O) groups is 2. The predicted molar refractivity (Wildman–Crippen MR) is 77.2 cm³/mol. The van der Waals surface area contributed by atoms with Gasteiger partial charge in [-0.2, -0.15) is 0 Å². The predicted octanol–water partition coefficient (Wildman–Crippen LogP) is 2.83. The lowest BCUT2D eigenvalue weighted by Crippen LogP contribution is -2.29. The van der Waals surface area contributed by atoms with Crippen molar-refractivity contribution in [1.82, 2.24) is 0 Å². The van der Waals surface area contributed by atoms with E-state index in [0.717, 1.165) is 10.0 Å². The van der Waals surface area contributed by atoms with E-state index in [0.29, 0.717) is 19.6 Å². The summed E-state index contributed by atoms with van der Waals surface area (Å²) in [6, 6.07) is 7.42. The van der Waals surface area contributed by atoms with Crippen LogP contribution in [0.15, 0.2) is 28.7 Å². The van der Waals surface area contributed by atoms with Crippen molar-refractivity contribution >= 4 is 27.9 Å². The van der Waals surface area contributed by atoms with E-state index in [2.05, 4.69) is 15.9 Å². The van der Waals surface area contributed by atoms with Gasteiger partial charge in [-0.1, -0.05) is 34.1 Å². The molecule has 0 heterocycles. The fourth-order valence-electron chi connectivity index (χ4n) is 2.51. The Morgan fingerprint density at radius 2 is 1.90 bits per heavy atom. The molecule has 0 aliphatic heterocycles. The Morgan fingerprint density at radius 1 is 1.25 bits per heavy atom. The van der Waals surface area contributed by atoms with Crippen molar-refractivity contribution in [1.29, 1.82) is 0 Å². The number of benzene rings is 1. The molecule has 20 heavy (non-hydrogen) atoms. The van der Waals surface area contributed by atoms with Gasteiger partial charge in [0, 0.05) is 4.47 Å². The van der Waals surface area contributed by atoms with Gasteiger partial charge in [-0.15, -0.1) is 0 Å². The van der Waals surface area contributed by atoms with Crippen LogP contribution in [0.25, 0.3) is 0 Å². The third-order valence-corrected chi connectivity index (χ3v) is 4.22. The Balaban J connectivity index is 2.36. The van der Waals surface area contributed by atoms with Gasteiger partial charge in [0.15, 0.2) is 0 Å². The SMILES string of the molecule is CCOC(=O)[C@H]1C[C@@]1(C(=O)OCC)c1ccccc1Br. The van der Waals surface area contributed by atoms with Crippen molar-refractivity contribution < 1.29 is 19.1 Å². The third kappa shape index (κ3) is 2.46. The van der Waals surface area contributed by atoms with Crippen LogP contribution in [0.5, 0.6) is 0 Å². The van der Waals surface area contributed by atoms with Gasteiger partial charge in [0.1, 0.15) is 5.41 Å². The molecule has 0 spiro atoms. The van der Waals surface area contributed by atoms with Crippen molar-refractivity contribution in [2.24, 2.45) is 5.92 Å². The van der Waals surface area contributed by atoms with Crippen molar-refractivity contribution in [2.45, 2.75) is 25.7 Å². The van der Waals surface area contributed by atoms with Crippen LogP contribution >= 0.6 is 15.9 Å². The number of halogens is 1. The summed E-state index contributed by atoms with van der Waals surface area (Å²) in [5.41, 5.74) is -0.112. The Morgan fingerprint density at radius 3 is 2.50 bits per heavy atom. The van der Waals surface area contributed by atoms with E-state index in [1.165, 1.54) is 0 Å². The van der Waals surface area contributed by atoms with Crippen LogP contribution in [0.4, 0.5) is 0 Å². The molecule has 1 aromatic rings. The molecule has 1 aromatic carbocycles. The van der Waals surface area contributed by atoms with Gasteiger partial charge in [-0.05, 0) is 31.9 Å². The molecule has 1 aliphatic carbocycles. The van der Waals surface area contributed by atoms with Crippen molar-refractivity contribution in [3.8, 4) is 0 Å². The van der Waals surface area contributed by atoms with Crippen molar-refractivity contribution in [3.05, 3.63) is 34.3 Å². The molecule has 1 saturated carbocycles. The van der Waals surface area contributed by atoms with Gasteiger partial charge in [-0.25, -0.2) is 0 Å². The zero-order valence-electron chi connectivity index (χ0n) is 11.5. The molecule has 0 saturated heterocycles. The van der Waals surface area contributed by atoms with E-state index in [9.17, 15) is 9.59 Å². The summed E-state index contributed by atoms with van der Waals surface area (Å²) in [6.45, 7) is 4.11. The first-order chi connectivity index (χ1) is 9.57. The van der Waals surface area contributed by atoms with Crippen LogP contribution in [0.2, 0.25) is 0 Å².